The Morgan fingerprint density at radius 1 is 1.14 bits per heavy atom. The van der Waals surface area contributed by atoms with E-state index in [0.29, 0.717) is 5.56 Å². The van der Waals surface area contributed by atoms with Crippen LogP contribution < -0.4 is 5.32 Å². The van der Waals surface area contributed by atoms with Crippen LogP contribution in [0.25, 0.3) is 0 Å². The Morgan fingerprint density at radius 2 is 1.86 bits per heavy atom. The van der Waals surface area contributed by atoms with Crippen molar-refractivity contribution in [2.24, 2.45) is 5.16 Å². The molecule has 28 heavy (non-hydrogen) atoms. The molecule has 2 aromatic rings. The minimum Gasteiger partial charge on any atom is -0.478 e. The van der Waals surface area contributed by atoms with Gasteiger partial charge >= 0.3 is 11.9 Å². The van der Waals surface area contributed by atoms with E-state index in [1.165, 1.54) is 48.5 Å². The summed E-state index contributed by atoms with van der Waals surface area (Å²) in [6.07, 6.45) is -0.732. The quantitative estimate of drug-likeness (QED) is 0.700. The largest absolute Gasteiger partial charge is 0.478 e. The number of hydrogen-bond acceptors (Lipinski definition) is 5. The Hall–Kier alpha value is -3.75. The highest BCUT2D eigenvalue weighted by molar-refractivity contribution is 6.06. The Bertz CT molecular complexity index is 973. The number of aromatic carboxylic acids is 1. The second-order valence-electron chi connectivity index (χ2n) is 6.22. The van der Waals surface area contributed by atoms with Crippen LogP contribution in [-0.2, 0) is 14.4 Å². The third kappa shape index (κ3) is 3.98. The molecule has 0 spiro atoms. The minimum absolute atomic E-state index is 0.0233. The molecule has 144 valence electrons. The van der Waals surface area contributed by atoms with Gasteiger partial charge in [0, 0.05) is 12.1 Å². The van der Waals surface area contributed by atoms with Crippen LogP contribution in [0, 0.1) is 5.82 Å². The molecule has 1 heterocycles. The van der Waals surface area contributed by atoms with Gasteiger partial charge in [-0.25, -0.2) is 14.0 Å². The molecule has 2 aromatic carbocycles. The summed E-state index contributed by atoms with van der Waals surface area (Å²) in [5, 5.41) is 24.8. The molecular formula is C19H15FN2O6. The number of nitrogens with zero attached hydrogens (tertiary/aromatic N) is 1. The number of anilines is 1. The van der Waals surface area contributed by atoms with E-state index < -0.39 is 35.7 Å². The predicted octanol–water partition coefficient (Wildman–Crippen LogP) is 2.50. The monoisotopic (exact) mass is 386 g/mol. The van der Waals surface area contributed by atoms with Crippen molar-refractivity contribution in [3.8, 4) is 0 Å². The van der Waals surface area contributed by atoms with Gasteiger partial charge in [0.1, 0.15) is 5.82 Å². The van der Waals surface area contributed by atoms with E-state index in [1.54, 1.807) is 0 Å². The normalized spacial score (nSPS) is 18.1. The van der Waals surface area contributed by atoms with Gasteiger partial charge < -0.3 is 20.4 Å². The Morgan fingerprint density at radius 3 is 2.50 bits per heavy atom. The zero-order valence-electron chi connectivity index (χ0n) is 14.4. The lowest BCUT2D eigenvalue weighted by atomic mass is 9.90. The summed E-state index contributed by atoms with van der Waals surface area (Å²) >= 11 is 0. The number of halogens is 1. The topological polar surface area (TPSA) is 125 Å². The van der Waals surface area contributed by atoms with Crippen molar-refractivity contribution in [1.82, 2.24) is 0 Å². The Kier molecular flexibility index (Phi) is 5.08. The van der Waals surface area contributed by atoms with E-state index >= 15 is 0 Å². The first-order valence-electron chi connectivity index (χ1n) is 8.17. The summed E-state index contributed by atoms with van der Waals surface area (Å²) in [6.45, 7) is 0. The van der Waals surface area contributed by atoms with Gasteiger partial charge in [-0.15, -0.1) is 0 Å². The summed E-state index contributed by atoms with van der Waals surface area (Å²) in [4.78, 5) is 40.2. The van der Waals surface area contributed by atoms with Gasteiger partial charge in [-0.2, -0.15) is 0 Å². The average Bonchev–Trinajstić information content (AvgIpc) is 3.07. The molecule has 3 rings (SSSR count). The summed E-state index contributed by atoms with van der Waals surface area (Å²) < 4.78 is 13.1. The molecule has 0 aliphatic carbocycles. The molecule has 1 aliphatic heterocycles. The van der Waals surface area contributed by atoms with Crippen LogP contribution in [0.1, 0.15) is 28.8 Å². The molecule has 1 atom stereocenters. The molecular weight excluding hydrogens is 371 g/mol. The molecule has 0 fully saturated rings. The number of carbonyl (C=O) groups excluding carboxylic acids is 1. The number of aliphatic carboxylic acids is 1. The maximum Gasteiger partial charge on any atom is 0.351 e. The van der Waals surface area contributed by atoms with Crippen molar-refractivity contribution in [3.05, 3.63) is 65.5 Å². The second-order valence-corrected chi connectivity index (χ2v) is 6.22. The third-order valence-electron chi connectivity index (χ3n) is 4.19. The van der Waals surface area contributed by atoms with E-state index in [2.05, 4.69) is 10.5 Å². The maximum absolute atomic E-state index is 13.1. The highest BCUT2D eigenvalue weighted by atomic mass is 19.1. The Balaban J connectivity index is 1.72. The van der Waals surface area contributed by atoms with E-state index in [9.17, 15) is 23.9 Å². The highest BCUT2D eigenvalue weighted by Gasteiger charge is 2.49. The van der Waals surface area contributed by atoms with Crippen LogP contribution in [0.15, 0.2) is 53.7 Å². The van der Waals surface area contributed by atoms with Crippen LogP contribution in [0.5, 0.6) is 0 Å². The fourth-order valence-electron chi connectivity index (χ4n) is 2.75. The number of hydrogen-bond donors (Lipinski definition) is 3. The predicted molar refractivity (Wildman–Crippen MR) is 95.7 cm³/mol. The molecule has 0 unspecified atom stereocenters. The lowest BCUT2D eigenvalue weighted by Crippen LogP contribution is -2.42. The van der Waals surface area contributed by atoms with E-state index in [1.807, 2.05) is 0 Å². The number of amides is 1. The summed E-state index contributed by atoms with van der Waals surface area (Å²) in [7, 11) is 0. The first-order chi connectivity index (χ1) is 13.3. The fourth-order valence-corrected chi connectivity index (χ4v) is 2.75. The number of oxime groups is 1. The van der Waals surface area contributed by atoms with Crippen LogP contribution in [0.2, 0.25) is 0 Å². The highest BCUT2D eigenvalue weighted by Crippen LogP contribution is 2.31. The van der Waals surface area contributed by atoms with E-state index in [0.717, 1.165) is 0 Å². The third-order valence-corrected chi connectivity index (χ3v) is 4.19. The van der Waals surface area contributed by atoms with Crippen molar-refractivity contribution >= 4 is 29.2 Å². The first-order valence-corrected chi connectivity index (χ1v) is 8.17. The van der Waals surface area contributed by atoms with Crippen molar-refractivity contribution < 1.29 is 33.8 Å². The van der Waals surface area contributed by atoms with Crippen molar-refractivity contribution in [3.63, 3.8) is 0 Å². The van der Waals surface area contributed by atoms with Gasteiger partial charge in [-0.1, -0.05) is 23.4 Å². The Labute approximate surface area is 158 Å². The molecule has 0 aromatic heterocycles. The maximum atomic E-state index is 13.1. The second kappa shape index (κ2) is 7.47. The number of rotatable bonds is 6. The van der Waals surface area contributed by atoms with Gasteiger partial charge in [0.25, 0.3) is 0 Å². The zero-order valence-corrected chi connectivity index (χ0v) is 14.4. The molecule has 1 aliphatic rings. The number of carboxylic acids is 2. The van der Waals surface area contributed by atoms with Gasteiger partial charge in [0.2, 0.25) is 11.5 Å². The van der Waals surface area contributed by atoms with Gasteiger partial charge in [0.15, 0.2) is 0 Å². The molecule has 0 saturated carbocycles. The standard InChI is InChI=1S/C19H15FN2O6/c20-13-6-4-11(5-7-13)15-9-19(18(26)27,28-22-15)10-16(23)21-14-3-1-2-12(8-14)17(24)25/h1-8H,9-10H2,(H,21,23)(H,24,25)(H,26,27)/t19-/m0/s1. The zero-order chi connectivity index (χ0) is 20.3. The van der Waals surface area contributed by atoms with E-state index in [-0.39, 0.29) is 23.4 Å². The number of carboxylic acid groups (broad SMARTS) is 2. The van der Waals surface area contributed by atoms with Gasteiger partial charge in [-0.05, 0) is 35.9 Å². The average molecular weight is 386 g/mol. The molecule has 9 heteroatoms. The number of carbonyl (C=O) groups is 3. The molecule has 0 bridgehead atoms. The van der Waals surface area contributed by atoms with Crippen LogP contribution in [0.4, 0.5) is 10.1 Å². The van der Waals surface area contributed by atoms with Crippen LogP contribution >= 0.6 is 0 Å². The van der Waals surface area contributed by atoms with Crippen molar-refractivity contribution in [1.29, 1.82) is 0 Å². The fraction of sp³-hybridized carbons (Fsp3) is 0.158. The summed E-state index contributed by atoms with van der Waals surface area (Å²) in [6, 6.07) is 10.8. The summed E-state index contributed by atoms with van der Waals surface area (Å²) in [5.74, 6) is -3.66. The summed E-state index contributed by atoms with van der Waals surface area (Å²) in [5.41, 5.74) is -0.951. The van der Waals surface area contributed by atoms with Crippen LogP contribution in [-0.4, -0.2) is 39.4 Å². The number of nitrogens with one attached hydrogen (secondary N) is 1. The molecule has 0 radical (unpaired) electrons. The van der Waals surface area contributed by atoms with Gasteiger partial charge in [0.05, 0.1) is 17.7 Å². The lowest BCUT2D eigenvalue weighted by Gasteiger charge is -2.21. The number of benzene rings is 2. The lowest BCUT2D eigenvalue weighted by molar-refractivity contribution is -0.165. The molecule has 1 amide bonds. The molecule has 3 N–H and O–H groups in total. The minimum atomic E-state index is -1.90. The first kappa shape index (κ1) is 19.0. The molecule has 0 saturated heterocycles. The van der Waals surface area contributed by atoms with Crippen molar-refractivity contribution in [2.75, 3.05) is 5.32 Å². The smallest absolute Gasteiger partial charge is 0.351 e. The SMILES string of the molecule is O=C(C[C@]1(C(=O)O)CC(c2ccc(F)cc2)=NO1)Nc1cccc(C(=O)O)c1. The molecule has 8 nitrogen and oxygen atoms in total. The van der Waals surface area contributed by atoms with Gasteiger partial charge in [-0.3, -0.25) is 4.79 Å². The van der Waals surface area contributed by atoms with Crippen molar-refractivity contribution in [2.45, 2.75) is 18.4 Å². The van der Waals surface area contributed by atoms with Crippen LogP contribution in [0.3, 0.4) is 0 Å². The van der Waals surface area contributed by atoms with E-state index in [4.69, 9.17) is 9.94 Å².